The van der Waals surface area contributed by atoms with Crippen molar-refractivity contribution in [1.29, 1.82) is 0 Å². The first-order valence-electron chi connectivity index (χ1n) is 6.74. The van der Waals surface area contributed by atoms with E-state index >= 15 is 0 Å². The van der Waals surface area contributed by atoms with Gasteiger partial charge in [0.15, 0.2) is 0 Å². The first-order valence-corrected chi connectivity index (χ1v) is 7.12. The quantitative estimate of drug-likeness (QED) is 0.879. The molecule has 1 aliphatic rings. The predicted molar refractivity (Wildman–Crippen MR) is 77.0 cm³/mol. The summed E-state index contributed by atoms with van der Waals surface area (Å²) in [6.45, 7) is 0.338. The van der Waals surface area contributed by atoms with Crippen LogP contribution in [-0.2, 0) is 4.79 Å². The minimum absolute atomic E-state index is 0.0547. The molecule has 0 spiro atoms. The zero-order valence-electron chi connectivity index (χ0n) is 11.3. The molecule has 2 N–H and O–H groups in total. The molecule has 1 aromatic carbocycles. The number of carbonyl (C=O) groups is 2. The highest BCUT2D eigenvalue weighted by Crippen LogP contribution is 2.22. The Kier molecular flexibility index (Phi) is 5.01. The van der Waals surface area contributed by atoms with Crippen LogP contribution in [0.2, 0.25) is 5.02 Å². The number of rotatable bonds is 2. The summed E-state index contributed by atoms with van der Waals surface area (Å²) in [5, 5.41) is 11.9. The Hall–Kier alpha value is -1.82. The van der Waals surface area contributed by atoms with Gasteiger partial charge in [-0.25, -0.2) is 14.0 Å². The van der Waals surface area contributed by atoms with Gasteiger partial charge < -0.3 is 15.3 Å². The molecule has 0 bridgehead atoms. The molecule has 2 rings (SSSR count). The fraction of sp³-hybridized carbons (Fsp3) is 0.429. The number of benzene rings is 1. The van der Waals surface area contributed by atoms with E-state index in [1.807, 2.05) is 0 Å². The molecule has 0 saturated carbocycles. The number of aliphatic carboxylic acids is 1. The number of carboxylic acid groups (broad SMARTS) is 1. The molecule has 1 aromatic rings. The van der Waals surface area contributed by atoms with Crippen molar-refractivity contribution in [3.63, 3.8) is 0 Å². The lowest BCUT2D eigenvalue weighted by Crippen LogP contribution is -2.46. The molecule has 1 unspecified atom stereocenters. The average Bonchev–Trinajstić information content (AvgIpc) is 2.68. The Morgan fingerprint density at radius 1 is 1.33 bits per heavy atom. The summed E-state index contributed by atoms with van der Waals surface area (Å²) in [5.41, 5.74) is -0.0547. The van der Waals surface area contributed by atoms with Gasteiger partial charge >= 0.3 is 12.0 Å². The molecule has 21 heavy (non-hydrogen) atoms. The van der Waals surface area contributed by atoms with Crippen LogP contribution in [0.5, 0.6) is 0 Å². The van der Waals surface area contributed by atoms with E-state index in [2.05, 4.69) is 5.32 Å². The Labute approximate surface area is 126 Å². The van der Waals surface area contributed by atoms with Crippen LogP contribution < -0.4 is 5.32 Å². The number of nitrogens with one attached hydrogen (secondary N) is 1. The second-order valence-corrected chi connectivity index (χ2v) is 5.39. The second kappa shape index (κ2) is 6.76. The maximum atomic E-state index is 13.6. The maximum absolute atomic E-state index is 13.6. The third-order valence-corrected chi connectivity index (χ3v) is 3.70. The van der Waals surface area contributed by atoms with Crippen molar-refractivity contribution >= 4 is 29.3 Å². The van der Waals surface area contributed by atoms with Crippen LogP contribution in [0.25, 0.3) is 0 Å². The van der Waals surface area contributed by atoms with Crippen LogP contribution in [0.4, 0.5) is 14.9 Å². The van der Waals surface area contributed by atoms with E-state index in [1.54, 1.807) is 0 Å². The van der Waals surface area contributed by atoms with Crippen LogP contribution in [0.3, 0.4) is 0 Å². The maximum Gasteiger partial charge on any atom is 0.326 e. The molecule has 114 valence electrons. The predicted octanol–water partition coefficient (Wildman–Crippen LogP) is 3.34. The van der Waals surface area contributed by atoms with E-state index in [9.17, 15) is 19.1 Å². The third-order valence-electron chi connectivity index (χ3n) is 3.47. The lowest BCUT2D eigenvalue weighted by atomic mass is 10.1. The van der Waals surface area contributed by atoms with Gasteiger partial charge in [0.25, 0.3) is 0 Å². The third kappa shape index (κ3) is 3.85. The monoisotopic (exact) mass is 314 g/mol. The lowest BCUT2D eigenvalue weighted by molar-refractivity contribution is -0.142. The number of hydrogen-bond acceptors (Lipinski definition) is 2. The minimum Gasteiger partial charge on any atom is -0.480 e. The normalized spacial score (nSPS) is 19.0. The molecule has 5 nitrogen and oxygen atoms in total. The number of anilines is 1. The molecule has 0 radical (unpaired) electrons. The van der Waals surface area contributed by atoms with Gasteiger partial charge in [-0.3, -0.25) is 0 Å². The molecule has 0 aromatic heterocycles. The topological polar surface area (TPSA) is 69.6 Å². The molecule has 1 atom stereocenters. The molecular weight excluding hydrogens is 299 g/mol. The van der Waals surface area contributed by atoms with Crippen molar-refractivity contribution in [2.24, 2.45) is 0 Å². The molecule has 2 amide bonds. The van der Waals surface area contributed by atoms with Crippen molar-refractivity contribution < 1.29 is 19.1 Å². The summed E-state index contributed by atoms with van der Waals surface area (Å²) in [6, 6.07) is 2.32. The van der Waals surface area contributed by atoms with E-state index in [0.717, 1.165) is 25.3 Å². The van der Waals surface area contributed by atoms with E-state index in [0.29, 0.717) is 13.0 Å². The highest BCUT2D eigenvalue weighted by atomic mass is 35.5. The Morgan fingerprint density at radius 2 is 2.10 bits per heavy atom. The van der Waals surface area contributed by atoms with Crippen LogP contribution in [0.1, 0.15) is 25.7 Å². The number of likely N-dealkylation sites (tertiary alicyclic amines) is 1. The van der Waals surface area contributed by atoms with E-state index < -0.39 is 23.9 Å². The minimum atomic E-state index is -1.04. The number of carbonyl (C=O) groups excluding carboxylic acids is 1. The fourth-order valence-corrected chi connectivity index (χ4v) is 2.56. The standard InChI is InChI=1S/C14H16ClFN2O3/c15-9-5-6-10(16)11(8-9)17-14(21)18-7-3-1-2-4-12(18)13(19)20/h5-6,8,12H,1-4,7H2,(H,17,21)(H,19,20). The molecule has 7 heteroatoms. The van der Waals surface area contributed by atoms with Gasteiger partial charge in [0, 0.05) is 11.6 Å². The molecule has 0 aliphatic carbocycles. The smallest absolute Gasteiger partial charge is 0.326 e. The van der Waals surface area contributed by atoms with Crippen LogP contribution in [-0.4, -0.2) is 34.6 Å². The van der Waals surface area contributed by atoms with Gasteiger partial charge in [-0.2, -0.15) is 0 Å². The van der Waals surface area contributed by atoms with Crippen LogP contribution in [0.15, 0.2) is 18.2 Å². The van der Waals surface area contributed by atoms with Crippen molar-refractivity contribution in [2.45, 2.75) is 31.7 Å². The summed E-state index contributed by atoms with van der Waals surface area (Å²) in [5.74, 6) is -1.66. The number of halogens is 2. The molecule has 1 fully saturated rings. The average molecular weight is 315 g/mol. The number of hydrogen-bond donors (Lipinski definition) is 2. The van der Waals surface area contributed by atoms with Gasteiger partial charge in [0.05, 0.1) is 5.69 Å². The molecule has 1 heterocycles. The van der Waals surface area contributed by atoms with E-state index in [-0.39, 0.29) is 10.7 Å². The van der Waals surface area contributed by atoms with Gasteiger partial charge in [-0.1, -0.05) is 24.4 Å². The highest BCUT2D eigenvalue weighted by Gasteiger charge is 2.31. The van der Waals surface area contributed by atoms with Gasteiger partial charge in [0.1, 0.15) is 11.9 Å². The Bertz CT molecular complexity index is 553. The fourth-order valence-electron chi connectivity index (χ4n) is 2.39. The zero-order valence-corrected chi connectivity index (χ0v) is 12.1. The molecule has 1 aliphatic heterocycles. The van der Waals surface area contributed by atoms with E-state index in [4.69, 9.17) is 11.6 Å². The van der Waals surface area contributed by atoms with Crippen LogP contribution >= 0.6 is 11.6 Å². The van der Waals surface area contributed by atoms with Gasteiger partial charge in [0.2, 0.25) is 0 Å². The van der Waals surface area contributed by atoms with Crippen molar-refractivity contribution in [3.8, 4) is 0 Å². The van der Waals surface area contributed by atoms with Crippen molar-refractivity contribution in [1.82, 2.24) is 4.90 Å². The van der Waals surface area contributed by atoms with Gasteiger partial charge in [-0.05, 0) is 31.0 Å². The number of nitrogens with zero attached hydrogens (tertiary/aromatic N) is 1. The zero-order chi connectivity index (χ0) is 15.4. The highest BCUT2D eigenvalue weighted by molar-refractivity contribution is 6.30. The Morgan fingerprint density at radius 3 is 2.81 bits per heavy atom. The number of carboxylic acids is 1. The summed E-state index contributed by atoms with van der Waals surface area (Å²) in [7, 11) is 0. The largest absolute Gasteiger partial charge is 0.480 e. The molecule has 1 saturated heterocycles. The summed E-state index contributed by atoms with van der Waals surface area (Å²) in [4.78, 5) is 24.8. The molecular formula is C14H16ClFN2O3. The second-order valence-electron chi connectivity index (χ2n) is 4.95. The van der Waals surface area contributed by atoms with Crippen LogP contribution in [0, 0.1) is 5.82 Å². The number of urea groups is 1. The first kappa shape index (κ1) is 15.6. The summed E-state index contributed by atoms with van der Waals surface area (Å²) in [6.07, 6.45) is 2.77. The van der Waals surface area contributed by atoms with Crippen molar-refractivity contribution in [2.75, 3.05) is 11.9 Å². The van der Waals surface area contributed by atoms with E-state index in [1.165, 1.54) is 17.0 Å². The lowest BCUT2D eigenvalue weighted by Gasteiger charge is -2.27. The number of amides is 2. The first-order chi connectivity index (χ1) is 9.99. The van der Waals surface area contributed by atoms with Gasteiger partial charge in [-0.15, -0.1) is 0 Å². The summed E-state index contributed by atoms with van der Waals surface area (Å²) < 4.78 is 13.6. The summed E-state index contributed by atoms with van der Waals surface area (Å²) >= 11 is 5.77. The SMILES string of the molecule is O=C(O)C1CCCCCN1C(=O)Nc1cc(Cl)ccc1F. The van der Waals surface area contributed by atoms with Crippen molar-refractivity contribution in [3.05, 3.63) is 29.0 Å². The Balaban J connectivity index is 2.16.